The molecular weight excluding hydrogens is 641 g/mol. The van der Waals surface area contributed by atoms with Gasteiger partial charge in [0.25, 0.3) is 0 Å². The van der Waals surface area contributed by atoms with E-state index >= 15 is 0 Å². The van der Waals surface area contributed by atoms with Gasteiger partial charge in [-0.15, -0.1) is 0 Å². The Bertz CT molecular complexity index is 1120. The zero-order valence-corrected chi connectivity index (χ0v) is 33.6. The van der Waals surface area contributed by atoms with Crippen molar-refractivity contribution in [3.05, 3.63) is 45.6 Å². The van der Waals surface area contributed by atoms with Gasteiger partial charge in [-0.05, 0) is 112 Å². The summed E-state index contributed by atoms with van der Waals surface area (Å²) in [5.74, 6) is 0.304. The van der Waals surface area contributed by atoms with Crippen molar-refractivity contribution in [2.24, 2.45) is 17.8 Å². The fourth-order valence-electron chi connectivity index (χ4n) is 10.4. The molecule has 3 saturated carbocycles. The summed E-state index contributed by atoms with van der Waals surface area (Å²) in [7, 11) is 0. The van der Waals surface area contributed by atoms with Crippen LogP contribution in [-0.4, -0.2) is 22.2 Å². The third-order valence-corrected chi connectivity index (χ3v) is 13.3. The Morgan fingerprint density at radius 2 is 0.846 bits per heavy atom. The molecule has 4 nitrogen and oxygen atoms in total. The molecule has 52 heavy (non-hydrogen) atoms. The summed E-state index contributed by atoms with van der Waals surface area (Å²) in [4.78, 5) is 24.2. The van der Waals surface area contributed by atoms with E-state index < -0.39 is 11.9 Å². The van der Waals surface area contributed by atoms with E-state index in [2.05, 4.69) is 12.2 Å². The number of carboxylic acid groups (broad SMARTS) is 2. The minimum absolute atomic E-state index is 0.515. The monoisotopic (exact) mass is 719 g/mol. The van der Waals surface area contributed by atoms with Crippen LogP contribution in [0.25, 0.3) is 0 Å². The molecule has 5 rings (SSSR count). The Morgan fingerprint density at radius 3 is 1.15 bits per heavy atom. The zero-order chi connectivity index (χ0) is 36.8. The smallest absolute Gasteiger partial charge is 0.331 e. The molecule has 0 aromatic rings. The first-order chi connectivity index (χ1) is 25.5. The maximum Gasteiger partial charge on any atom is 0.331 e. The van der Waals surface area contributed by atoms with Crippen molar-refractivity contribution >= 4 is 11.9 Å². The molecule has 0 aromatic heterocycles. The maximum atomic E-state index is 13.1. The molecule has 0 aliphatic heterocycles. The van der Waals surface area contributed by atoms with Gasteiger partial charge in [0.1, 0.15) is 0 Å². The van der Waals surface area contributed by atoms with E-state index in [0.29, 0.717) is 23.3 Å². The molecule has 0 aromatic carbocycles. The van der Waals surface area contributed by atoms with Crippen molar-refractivity contribution < 1.29 is 19.8 Å². The fourth-order valence-corrected chi connectivity index (χ4v) is 10.4. The number of hydrogen-bond donors (Lipinski definition) is 2. The van der Waals surface area contributed by atoms with Crippen LogP contribution in [0.2, 0.25) is 0 Å². The molecule has 0 heterocycles. The van der Waals surface area contributed by atoms with Gasteiger partial charge in [-0.25, -0.2) is 9.59 Å². The molecule has 0 bridgehead atoms. The Kier molecular flexibility index (Phi) is 20.6. The molecule has 0 saturated heterocycles. The predicted octanol–water partition coefficient (Wildman–Crippen LogP) is 14.8. The van der Waals surface area contributed by atoms with Gasteiger partial charge >= 0.3 is 11.9 Å². The normalized spacial score (nSPS) is 22.9. The van der Waals surface area contributed by atoms with Gasteiger partial charge in [0.05, 0.1) is 0 Å². The molecule has 0 amide bonds. The lowest BCUT2D eigenvalue weighted by Crippen LogP contribution is -2.22. The van der Waals surface area contributed by atoms with Crippen LogP contribution in [0, 0.1) is 17.8 Å². The summed E-state index contributed by atoms with van der Waals surface area (Å²) in [6, 6.07) is 0. The third kappa shape index (κ3) is 15.0. The van der Waals surface area contributed by atoms with Gasteiger partial charge in [-0.1, -0.05) is 165 Å². The van der Waals surface area contributed by atoms with Gasteiger partial charge < -0.3 is 10.2 Å². The van der Waals surface area contributed by atoms with E-state index in [0.717, 1.165) is 43.3 Å². The maximum absolute atomic E-state index is 13.1. The number of hydrogen-bond acceptors (Lipinski definition) is 2. The molecule has 5 aliphatic carbocycles. The minimum Gasteiger partial charge on any atom is -0.478 e. The molecule has 0 radical (unpaired) electrons. The van der Waals surface area contributed by atoms with Crippen LogP contribution in [0.5, 0.6) is 0 Å². The highest BCUT2D eigenvalue weighted by Gasteiger charge is 2.30. The van der Waals surface area contributed by atoms with Crippen LogP contribution in [0.1, 0.15) is 225 Å². The fraction of sp³-hybridized carbons (Fsp3) is 0.792. The summed E-state index contributed by atoms with van der Waals surface area (Å²) >= 11 is 0. The van der Waals surface area contributed by atoms with Crippen molar-refractivity contribution in [1.29, 1.82) is 0 Å². The van der Waals surface area contributed by atoms with Crippen LogP contribution in [0.15, 0.2) is 45.6 Å². The molecule has 2 N–H and O–H groups in total. The molecule has 0 unspecified atom stereocenters. The van der Waals surface area contributed by atoms with Gasteiger partial charge in [0.2, 0.25) is 0 Å². The van der Waals surface area contributed by atoms with Crippen molar-refractivity contribution in [3.8, 4) is 0 Å². The van der Waals surface area contributed by atoms with Crippen LogP contribution >= 0.6 is 0 Å². The van der Waals surface area contributed by atoms with Crippen LogP contribution in [0.4, 0.5) is 0 Å². The number of carbonyl (C=O) groups is 2. The molecule has 3 fully saturated rings. The lowest BCUT2D eigenvalue weighted by Gasteiger charge is -2.32. The Balaban J connectivity index is 0.000000313. The average Bonchev–Trinajstić information content (AvgIpc) is 3.89. The SMILES string of the molecule is CC(C(=O)O)=C(C1=CCCC1)C1=CCCC1.O=C(O)C(CC1CCCCCCCCC1)=C(C1CCCCCCCCC1)C1CCCCCCCCC1. The minimum atomic E-state index is -0.782. The lowest BCUT2D eigenvalue weighted by atomic mass is 9.73. The zero-order valence-electron chi connectivity index (χ0n) is 33.6. The van der Waals surface area contributed by atoms with E-state index in [1.54, 1.807) is 6.92 Å². The molecule has 294 valence electrons. The highest BCUT2D eigenvalue weighted by atomic mass is 16.4. The second-order valence-electron chi connectivity index (χ2n) is 17.4. The second-order valence-corrected chi connectivity index (χ2v) is 17.4. The molecule has 0 atom stereocenters. The first kappa shape index (κ1) is 42.6. The second kappa shape index (κ2) is 25.1. The first-order valence-corrected chi connectivity index (χ1v) is 22.7. The largest absolute Gasteiger partial charge is 0.478 e. The predicted molar refractivity (Wildman–Crippen MR) is 219 cm³/mol. The van der Waals surface area contributed by atoms with E-state index in [1.807, 2.05) is 0 Å². The van der Waals surface area contributed by atoms with Gasteiger partial charge in [0.15, 0.2) is 0 Å². The van der Waals surface area contributed by atoms with E-state index in [4.69, 9.17) is 5.11 Å². The summed E-state index contributed by atoms with van der Waals surface area (Å²) in [5, 5.41) is 19.9. The molecule has 5 aliphatic rings. The molecular formula is C48H78O4. The number of rotatable bonds is 8. The van der Waals surface area contributed by atoms with Gasteiger partial charge in [-0.2, -0.15) is 0 Å². The van der Waals surface area contributed by atoms with Crippen molar-refractivity contribution in [2.45, 2.75) is 225 Å². The molecule has 0 spiro atoms. The Labute approximate surface area is 319 Å². The third-order valence-electron chi connectivity index (χ3n) is 13.3. The summed E-state index contributed by atoms with van der Waals surface area (Å²) < 4.78 is 0. The van der Waals surface area contributed by atoms with Gasteiger partial charge in [0, 0.05) is 11.1 Å². The summed E-state index contributed by atoms with van der Waals surface area (Å²) in [6.07, 6.45) is 47.7. The number of carboxylic acids is 2. The van der Waals surface area contributed by atoms with Crippen molar-refractivity contribution in [2.75, 3.05) is 0 Å². The number of aliphatic carboxylic acids is 2. The Morgan fingerprint density at radius 1 is 0.500 bits per heavy atom. The quantitative estimate of drug-likeness (QED) is 0.245. The van der Waals surface area contributed by atoms with Gasteiger partial charge in [-0.3, -0.25) is 0 Å². The summed E-state index contributed by atoms with van der Waals surface area (Å²) in [5.41, 5.74) is 6.44. The van der Waals surface area contributed by atoms with Crippen molar-refractivity contribution in [3.63, 3.8) is 0 Å². The standard InChI is InChI=1S/C34H60O2.C14H18O2/c35-34(36)32(28-29-22-16-10-4-1-5-11-17-23-29)33(30-24-18-12-6-2-7-13-19-25-30)31-26-20-14-8-3-9-15-21-27-31;1-10(14(15)16)13(11-6-2-3-7-11)12-8-4-5-9-12/h29-31H,1-28H2,(H,35,36);6,8H,2-5,7,9H2,1H3,(H,15,16). The van der Waals surface area contributed by atoms with Crippen LogP contribution in [-0.2, 0) is 9.59 Å². The average molecular weight is 719 g/mol. The van der Waals surface area contributed by atoms with Crippen LogP contribution < -0.4 is 0 Å². The number of allylic oxidation sites excluding steroid dienone is 6. The lowest BCUT2D eigenvalue weighted by molar-refractivity contribution is -0.133. The molecule has 4 heteroatoms. The van der Waals surface area contributed by atoms with Crippen LogP contribution in [0.3, 0.4) is 0 Å². The topological polar surface area (TPSA) is 74.6 Å². The first-order valence-electron chi connectivity index (χ1n) is 22.7. The highest BCUT2D eigenvalue weighted by Crippen LogP contribution is 2.41. The van der Waals surface area contributed by atoms with E-state index in [1.165, 1.54) is 203 Å². The van der Waals surface area contributed by atoms with E-state index in [-0.39, 0.29) is 0 Å². The van der Waals surface area contributed by atoms with Crippen molar-refractivity contribution in [1.82, 2.24) is 0 Å². The Hall–Kier alpha value is -2.10. The summed E-state index contributed by atoms with van der Waals surface area (Å²) in [6.45, 7) is 1.73. The van der Waals surface area contributed by atoms with E-state index in [9.17, 15) is 14.7 Å². The highest BCUT2D eigenvalue weighted by molar-refractivity contribution is 5.89.